The van der Waals surface area contributed by atoms with E-state index in [0.717, 1.165) is 0 Å². The largest absolute Gasteiger partial charge is 0.396 e. The normalized spacial score (nSPS) is 31.8. The van der Waals surface area contributed by atoms with Crippen molar-refractivity contribution in [3.8, 4) is 0 Å². The van der Waals surface area contributed by atoms with Crippen molar-refractivity contribution in [3.63, 3.8) is 0 Å². The highest BCUT2D eigenvalue weighted by Crippen LogP contribution is 2.34. The SMILES string of the molecule is Cc1cn([C@@H]2C[C@H](CO)[C@@H](O)[C@H]2O)c(=O)[nH]c1=O. The molecule has 0 amide bonds. The van der Waals surface area contributed by atoms with Gasteiger partial charge in [0.15, 0.2) is 0 Å². The van der Waals surface area contributed by atoms with Gasteiger partial charge in [-0.1, -0.05) is 0 Å². The molecule has 2 rings (SSSR count). The summed E-state index contributed by atoms with van der Waals surface area (Å²) in [5, 5.41) is 28.7. The first kappa shape index (κ1) is 13.0. The molecule has 7 heteroatoms. The summed E-state index contributed by atoms with van der Waals surface area (Å²) in [6, 6.07) is -0.639. The summed E-state index contributed by atoms with van der Waals surface area (Å²) < 4.78 is 1.21. The predicted octanol–water partition coefficient (Wildman–Crippen LogP) is -1.88. The Morgan fingerprint density at radius 1 is 1.39 bits per heavy atom. The van der Waals surface area contributed by atoms with E-state index in [1.54, 1.807) is 6.92 Å². The van der Waals surface area contributed by atoms with E-state index in [1.807, 2.05) is 0 Å². The lowest BCUT2D eigenvalue weighted by atomic mass is 10.1. The number of aromatic nitrogens is 2. The Hall–Kier alpha value is -1.44. The first-order valence-electron chi connectivity index (χ1n) is 5.74. The van der Waals surface area contributed by atoms with Crippen LogP contribution in [0.4, 0.5) is 0 Å². The third-order valence-electron chi connectivity index (χ3n) is 3.51. The molecule has 1 aliphatic rings. The van der Waals surface area contributed by atoms with E-state index in [9.17, 15) is 19.8 Å². The monoisotopic (exact) mass is 256 g/mol. The number of nitrogens with one attached hydrogen (secondary N) is 1. The highest BCUT2D eigenvalue weighted by Gasteiger charge is 2.42. The summed E-state index contributed by atoms with van der Waals surface area (Å²) in [6.07, 6.45) is -0.560. The zero-order chi connectivity index (χ0) is 13.4. The predicted molar refractivity (Wildman–Crippen MR) is 62.3 cm³/mol. The minimum Gasteiger partial charge on any atom is -0.396 e. The van der Waals surface area contributed by atoms with Gasteiger partial charge in [0, 0.05) is 24.3 Å². The molecule has 1 fully saturated rings. The maximum atomic E-state index is 11.7. The molecule has 4 atom stereocenters. The minimum atomic E-state index is -1.13. The van der Waals surface area contributed by atoms with Gasteiger partial charge in [-0.05, 0) is 13.3 Å². The topological polar surface area (TPSA) is 116 Å². The molecule has 0 aliphatic heterocycles. The smallest absolute Gasteiger partial charge is 0.328 e. The number of nitrogens with zero attached hydrogens (tertiary/aromatic N) is 1. The Balaban J connectivity index is 2.42. The number of aliphatic hydroxyl groups excluding tert-OH is 3. The van der Waals surface area contributed by atoms with Crippen LogP contribution in [0.25, 0.3) is 0 Å². The van der Waals surface area contributed by atoms with E-state index < -0.39 is 35.4 Å². The molecule has 18 heavy (non-hydrogen) atoms. The molecule has 0 aromatic carbocycles. The first-order chi connectivity index (χ1) is 8.45. The lowest BCUT2D eigenvalue weighted by Gasteiger charge is -2.18. The fraction of sp³-hybridized carbons (Fsp3) is 0.636. The van der Waals surface area contributed by atoms with Crippen LogP contribution in [0, 0.1) is 12.8 Å². The molecule has 1 heterocycles. The molecule has 0 saturated heterocycles. The number of aliphatic hydroxyl groups is 3. The highest BCUT2D eigenvalue weighted by molar-refractivity contribution is 5.04. The second kappa shape index (κ2) is 4.68. The van der Waals surface area contributed by atoms with Crippen molar-refractivity contribution in [2.75, 3.05) is 6.61 Å². The maximum Gasteiger partial charge on any atom is 0.328 e. The molecule has 4 N–H and O–H groups in total. The molecule has 1 aliphatic carbocycles. The van der Waals surface area contributed by atoms with Crippen molar-refractivity contribution in [1.82, 2.24) is 9.55 Å². The maximum absolute atomic E-state index is 11.7. The summed E-state index contributed by atoms with van der Waals surface area (Å²) >= 11 is 0. The van der Waals surface area contributed by atoms with Crippen LogP contribution >= 0.6 is 0 Å². The second-order valence-corrected chi connectivity index (χ2v) is 4.71. The van der Waals surface area contributed by atoms with Crippen LogP contribution in [-0.2, 0) is 0 Å². The van der Waals surface area contributed by atoms with Gasteiger partial charge in [-0.15, -0.1) is 0 Å². The van der Waals surface area contributed by atoms with E-state index in [0.29, 0.717) is 5.56 Å². The van der Waals surface area contributed by atoms with E-state index in [2.05, 4.69) is 4.98 Å². The van der Waals surface area contributed by atoms with Crippen molar-refractivity contribution in [1.29, 1.82) is 0 Å². The van der Waals surface area contributed by atoms with Crippen molar-refractivity contribution in [3.05, 3.63) is 32.6 Å². The minimum absolute atomic E-state index is 0.258. The van der Waals surface area contributed by atoms with Gasteiger partial charge in [0.25, 0.3) is 5.56 Å². The number of hydrogen-bond donors (Lipinski definition) is 4. The molecule has 100 valence electrons. The third-order valence-corrected chi connectivity index (χ3v) is 3.51. The Labute approximate surface area is 102 Å². The van der Waals surface area contributed by atoms with Crippen LogP contribution in [0.5, 0.6) is 0 Å². The molecule has 1 aromatic rings. The molecule has 7 nitrogen and oxygen atoms in total. The Bertz CT molecular complexity index is 549. The van der Waals surface area contributed by atoms with Gasteiger partial charge in [-0.25, -0.2) is 4.79 Å². The van der Waals surface area contributed by atoms with Crippen molar-refractivity contribution in [2.24, 2.45) is 5.92 Å². The van der Waals surface area contributed by atoms with E-state index in [1.165, 1.54) is 10.8 Å². The number of H-pyrrole nitrogens is 1. The quantitative estimate of drug-likeness (QED) is 0.494. The van der Waals surface area contributed by atoms with E-state index in [-0.39, 0.29) is 13.0 Å². The summed E-state index contributed by atoms with van der Waals surface area (Å²) in [7, 11) is 0. The zero-order valence-corrected chi connectivity index (χ0v) is 9.91. The van der Waals surface area contributed by atoms with Crippen LogP contribution in [0.2, 0.25) is 0 Å². The van der Waals surface area contributed by atoms with Crippen LogP contribution in [0.15, 0.2) is 15.8 Å². The lowest BCUT2D eigenvalue weighted by molar-refractivity contribution is -0.00457. The van der Waals surface area contributed by atoms with Crippen LogP contribution in [0.1, 0.15) is 18.0 Å². The number of aromatic amines is 1. The van der Waals surface area contributed by atoms with Crippen LogP contribution in [0.3, 0.4) is 0 Å². The molecule has 0 radical (unpaired) electrons. The summed E-state index contributed by atoms with van der Waals surface area (Å²) in [5.41, 5.74) is -0.743. The standard InChI is InChI=1S/C11H16N2O5/c1-5-3-13(11(18)12-10(5)17)7-2-6(4-14)8(15)9(7)16/h3,6-9,14-16H,2,4H2,1H3,(H,12,17,18)/t6-,7-,8-,9+/m1/s1. The second-order valence-electron chi connectivity index (χ2n) is 4.71. The van der Waals surface area contributed by atoms with Crippen molar-refractivity contribution < 1.29 is 15.3 Å². The summed E-state index contributed by atoms with van der Waals surface area (Å²) in [4.78, 5) is 25.1. The zero-order valence-electron chi connectivity index (χ0n) is 9.91. The molecule has 0 spiro atoms. The van der Waals surface area contributed by atoms with Gasteiger partial charge in [-0.3, -0.25) is 14.3 Å². The number of hydrogen-bond acceptors (Lipinski definition) is 5. The van der Waals surface area contributed by atoms with Gasteiger partial charge in [0.1, 0.15) is 6.10 Å². The first-order valence-corrected chi connectivity index (χ1v) is 5.74. The fourth-order valence-corrected chi connectivity index (χ4v) is 2.39. The van der Waals surface area contributed by atoms with Gasteiger partial charge in [0.05, 0.1) is 12.1 Å². The third kappa shape index (κ3) is 2.00. The van der Waals surface area contributed by atoms with Crippen molar-refractivity contribution >= 4 is 0 Å². The van der Waals surface area contributed by atoms with E-state index >= 15 is 0 Å². The average molecular weight is 256 g/mol. The molecule has 0 bridgehead atoms. The Morgan fingerprint density at radius 3 is 2.61 bits per heavy atom. The average Bonchev–Trinajstić information content (AvgIpc) is 2.61. The van der Waals surface area contributed by atoms with Crippen molar-refractivity contribution in [2.45, 2.75) is 31.6 Å². The molecular formula is C11H16N2O5. The summed E-state index contributed by atoms with van der Waals surface area (Å²) in [6.45, 7) is 1.29. The molecular weight excluding hydrogens is 240 g/mol. The Kier molecular flexibility index (Phi) is 3.38. The van der Waals surface area contributed by atoms with Crippen LogP contribution in [-0.4, -0.2) is 43.7 Å². The Morgan fingerprint density at radius 2 is 2.06 bits per heavy atom. The van der Waals surface area contributed by atoms with Gasteiger partial charge in [0.2, 0.25) is 0 Å². The van der Waals surface area contributed by atoms with Crippen LogP contribution < -0.4 is 11.2 Å². The number of aryl methyl sites for hydroxylation is 1. The summed E-state index contributed by atoms with van der Waals surface area (Å²) in [5.74, 6) is -0.468. The van der Waals surface area contributed by atoms with E-state index in [4.69, 9.17) is 5.11 Å². The highest BCUT2D eigenvalue weighted by atomic mass is 16.3. The van der Waals surface area contributed by atoms with Gasteiger partial charge >= 0.3 is 5.69 Å². The molecule has 1 saturated carbocycles. The van der Waals surface area contributed by atoms with Gasteiger partial charge < -0.3 is 15.3 Å². The molecule has 0 unspecified atom stereocenters. The molecule has 1 aromatic heterocycles. The lowest BCUT2D eigenvalue weighted by Crippen LogP contribution is -2.38. The fourth-order valence-electron chi connectivity index (χ4n) is 2.39. The van der Waals surface area contributed by atoms with Gasteiger partial charge in [-0.2, -0.15) is 0 Å². The number of rotatable bonds is 2.